The van der Waals surface area contributed by atoms with E-state index in [9.17, 15) is 18.4 Å². The van der Waals surface area contributed by atoms with E-state index in [0.717, 1.165) is 18.1 Å². The minimum absolute atomic E-state index is 0.0285. The molecule has 1 amide bonds. The lowest BCUT2D eigenvalue weighted by Gasteiger charge is -2.18. The van der Waals surface area contributed by atoms with E-state index in [-0.39, 0.29) is 24.3 Å². The summed E-state index contributed by atoms with van der Waals surface area (Å²) in [5, 5.41) is 16.1. The van der Waals surface area contributed by atoms with Gasteiger partial charge in [0.25, 0.3) is 5.91 Å². The molecule has 144 valence electrons. The number of nitrogens with zero attached hydrogens (tertiary/aromatic N) is 2. The zero-order valence-electron chi connectivity index (χ0n) is 15.2. The van der Waals surface area contributed by atoms with Crippen molar-refractivity contribution in [2.75, 3.05) is 6.54 Å². The molecule has 27 heavy (non-hydrogen) atoms. The van der Waals surface area contributed by atoms with Gasteiger partial charge in [-0.05, 0) is 51.7 Å². The van der Waals surface area contributed by atoms with Crippen LogP contribution in [0.4, 0.5) is 8.78 Å². The Hall–Kier alpha value is -2.77. The largest absolute Gasteiger partial charge is 0.481 e. The van der Waals surface area contributed by atoms with Crippen LogP contribution in [0.25, 0.3) is 5.69 Å². The number of hydrogen-bond donors (Lipinski definition) is 2. The number of rotatable bonds is 6. The van der Waals surface area contributed by atoms with Crippen molar-refractivity contribution in [1.29, 1.82) is 0 Å². The number of benzene rings is 1. The lowest BCUT2D eigenvalue weighted by molar-refractivity contribution is -0.147. The number of hydrogen-bond acceptors (Lipinski definition) is 3. The molecule has 0 spiro atoms. The summed E-state index contributed by atoms with van der Waals surface area (Å²) in [7, 11) is 0. The molecule has 1 aliphatic carbocycles. The highest BCUT2D eigenvalue weighted by atomic mass is 19.2. The Morgan fingerprint density at radius 2 is 2.04 bits per heavy atom. The zero-order chi connectivity index (χ0) is 19.8. The number of carbonyl (C=O) groups is 2. The van der Waals surface area contributed by atoms with E-state index in [0.29, 0.717) is 18.5 Å². The minimum Gasteiger partial charge on any atom is -0.481 e. The number of amides is 1. The molecule has 1 aliphatic rings. The van der Waals surface area contributed by atoms with Gasteiger partial charge < -0.3 is 10.4 Å². The Balaban J connectivity index is 1.84. The van der Waals surface area contributed by atoms with Gasteiger partial charge in [-0.3, -0.25) is 9.59 Å². The van der Waals surface area contributed by atoms with Gasteiger partial charge in [0.15, 0.2) is 17.3 Å². The third kappa shape index (κ3) is 3.56. The Labute approximate surface area is 155 Å². The van der Waals surface area contributed by atoms with Crippen molar-refractivity contribution in [1.82, 2.24) is 15.1 Å². The second-order valence-electron chi connectivity index (χ2n) is 7.31. The van der Waals surface area contributed by atoms with Crippen molar-refractivity contribution < 1.29 is 23.5 Å². The van der Waals surface area contributed by atoms with Crippen LogP contribution < -0.4 is 5.32 Å². The highest BCUT2D eigenvalue weighted by Crippen LogP contribution is 2.29. The fourth-order valence-electron chi connectivity index (χ4n) is 3.15. The van der Waals surface area contributed by atoms with E-state index < -0.39 is 28.9 Å². The van der Waals surface area contributed by atoms with Crippen molar-refractivity contribution >= 4 is 11.9 Å². The van der Waals surface area contributed by atoms with Gasteiger partial charge in [0.05, 0.1) is 5.41 Å². The molecular weight excluding hydrogens is 356 g/mol. The van der Waals surface area contributed by atoms with Crippen LogP contribution in [0, 0.1) is 17.0 Å². The summed E-state index contributed by atoms with van der Waals surface area (Å²) in [6.45, 7) is 3.34. The highest BCUT2D eigenvalue weighted by molar-refractivity contribution is 5.94. The predicted octanol–water partition coefficient (Wildman–Crippen LogP) is 2.87. The number of nitrogens with one attached hydrogen (secondary N) is 1. The van der Waals surface area contributed by atoms with E-state index >= 15 is 0 Å². The molecule has 0 radical (unpaired) electrons. The number of carbonyl (C=O) groups excluding carboxylic acids is 1. The molecule has 2 N–H and O–H groups in total. The predicted molar refractivity (Wildman–Crippen MR) is 93.9 cm³/mol. The maximum atomic E-state index is 14.2. The molecule has 0 aliphatic heterocycles. The van der Waals surface area contributed by atoms with Gasteiger partial charge >= 0.3 is 5.97 Å². The quantitative estimate of drug-likeness (QED) is 0.811. The fourth-order valence-corrected chi connectivity index (χ4v) is 3.15. The van der Waals surface area contributed by atoms with Crippen molar-refractivity contribution in [3.05, 3.63) is 46.8 Å². The molecule has 1 aromatic carbocycles. The van der Waals surface area contributed by atoms with Crippen LogP contribution in [0.5, 0.6) is 0 Å². The van der Waals surface area contributed by atoms with Gasteiger partial charge in [-0.2, -0.15) is 5.10 Å². The number of aliphatic carboxylic acids is 1. The Bertz CT molecular complexity index is 906. The summed E-state index contributed by atoms with van der Waals surface area (Å²) in [6, 6.07) is 3.84. The van der Waals surface area contributed by atoms with E-state index in [1.807, 2.05) is 0 Å². The van der Waals surface area contributed by atoms with E-state index in [1.165, 1.54) is 16.8 Å². The number of halogens is 2. The number of fused-ring (bicyclic) bond motifs is 1. The highest BCUT2D eigenvalue weighted by Gasteiger charge is 2.30. The molecule has 0 saturated heterocycles. The van der Waals surface area contributed by atoms with Gasteiger partial charge in [-0.1, -0.05) is 6.07 Å². The van der Waals surface area contributed by atoms with E-state index in [2.05, 4.69) is 10.4 Å². The molecule has 0 bridgehead atoms. The van der Waals surface area contributed by atoms with Crippen LogP contribution in [0.3, 0.4) is 0 Å². The third-order valence-electron chi connectivity index (χ3n) is 4.92. The number of carboxylic acids is 1. The number of aromatic nitrogens is 2. The first-order chi connectivity index (χ1) is 12.7. The number of carboxylic acid groups (broad SMARTS) is 1. The summed E-state index contributed by atoms with van der Waals surface area (Å²) in [6.07, 6.45) is 2.32. The van der Waals surface area contributed by atoms with Gasteiger partial charge in [-0.15, -0.1) is 0 Å². The molecule has 0 unspecified atom stereocenters. The summed E-state index contributed by atoms with van der Waals surface area (Å²) in [5.74, 6) is -3.37. The normalized spacial score (nSPS) is 13.5. The van der Waals surface area contributed by atoms with Gasteiger partial charge in [0.1, 0.15) is 5.69 Å². The van der Waals surface area contributed by atoms with E-state index in [1.54, 1.807) is 13.8 Å². The van der Waals surface area contributed by atoms with Gasteiger partial charge in [0, 0.05) is 17.8 Å². The first-order valence-electron chi connectivity index (χ1n) is 8.79. The fraction of sp³-hybridized carbons (Fsp3) is 0.421. The third-order valence-corrected chi connectivity index (χ3v) is 4.92. The Kier molecular flexibility index (Phi) is 4.99. The first-order valence-corrected chi connectivity index (χ1v) is 8.79. The molecular formula is C19H21F2N3O3. The molecule has 2 aromatic rings. The molecule has 8 heteroatoms. The molecule has 0 fully saturated rings. The smallest absolute Gasteiger partial charge is 0.309 e. The average Bonchev–Trinajstić information content (AvgIpc) is 3.19. The van der Waals surface area contributed by atoms with Crippen molar-refractivity contribution in [3.63, 3.8) is 0 Å². The van der Waals surface area contributed by atoms with Crippen LogP contribution >= 0.6 is 0 Å². The van der Waals surface area contributed by atoms with Gasteiger partial charge in [0.2, 0.25) is 0 Å². The van der Waals surface area contributed by atoms with Crippen molar-refractivity contribution in [2.24, 2.45) is 5.41 Å². The molecule has 0 saturated carbocycles. The Morgan fingerprint density at radius 1 is 1.30 bits per heavy atom. The SMILES string of the molecule is CC(C)(CCNC(=O)c1nn(-c2cccc(F)c2F)c2c1CCC2)C(=O)O. The molecule has 1 heterocycles. The topological polar surface area (TPSA) is 84.2 Å². The summed E-state index contributed by atoms with van der Waals surface area (Å²) in [5.41, 5.74) is 0.627. The van der Waals surface area contributed by atoms with E-state index in [4.69, 9.17) is 5.11 Å². The van der Waals surface area contributed by atoms with Crippen LogP contribution in [-0.4, -0.2) is 33.3 Å². The van der Waals surface area contributed by atoms with Crippen LogP contribution in [0.1, 0.15) is 48.4 Å². The standard InChI is InChI=1S/C19H21F2N3O3/c1-19(2,18(26)27)9-10-22-17(25)16-11-5-3-7-13(11)24(23-16)14-8-4-6-12(20)15(14)21/h4,6,8H,3,5,7,9-10H2,1-2H3,(H,22,25)(H,26,27). The lowest BCUT2D eigenvalue weighted by Crippen LogP contribution is -2.32. The van der Waals surface area contributed by atoms with Crippen LogP contribution in [0.2, 0.25) is 0 Å². The zero-order valence-corrected chi connectivity index (χ0v) is 15.2. The first kappa shape index (κ1) is 19.0. The monoisotopic (exact) mass is 377 g/mol. The van der Waals surface area contributed by atoms with Crippen molar-refractivity contribution in [3.8, 4) is 5.69 Å². The maximum absolute atomic E-state index is 14.2. The molecule has 6 nitrogen and oxygen atoms in total. The van der Waals surface area contributed by atoms with Crippen LogP contribution in [0.15, 0.2) is 18.2 Å². The maximum Gasteiger partial charge on any atom is 0.309 e. The summed E-state index contributed by atoms with van der Waals surface area (Å²) in [4.78, 5) is 23.7. The van der Waals surface area contributed by atoms with Crippen molar-refractivity contribution in [2.45, 2.75) is 39.5 Å². The lowest BCUT2D eigenvalue weighted by atomic mass is 9.90. The average molecular weight is 377 g/mol. The molecule has 0 atom stereocenters. The summed E-state index contributed by atoms with van der Waals surface area (Å²) < 4.78 is 29.1. The second-order valence-corrected chi connectivity index (χ2v) is 7.31. The molecule has 3 rings (SSSR count). The van der Waals surface area contributed by atoms with Gasteiger partial charge in [-0.25, -0.2) is 13.5 Å². The molecule has 1 aromatic heterocycles. The Morgan fingerprint density at radius 3 is 2.74 bits per heavy atom. The minimum atomic E-state index is -1.01. The van der Waals surface area contributed by atoms with Crippen LogP contribution in [-0.2, 0) is 17.6 Å². The second kappa shape index (κ2) is 7.09. The summed E-state index contributed by atoms with van der Waals surface area (Å²) >= 11 is 0.